The Morgan fingerprint density at radius 2 is 2.05 bits per heavy atom. The second-order valence-corrected chi connectivity index (χ2v) is 5.23. The number of aryl methyl sites for hydroxylation is 1. The summed E-state index contributed by atoms with van der Waals surface area (Å²) in [5.41, 5.74) is 0.590. The van der Waals surface area contributed by atoms with Crippen molar-refractivity contribution in [1.29, 1.82) is 0 Å². The molecule has 0 aromatic carbocycles. The van der Waals surface area contributed by atoms with Crippen LogP contribution in [0.2, 0.25) is 0 Å². The van der Waals surface area contributed by atoms with E-state index in [-0.39, 0.29) is 24.1 Å². The third-order valence-electron chi connectivity index (χ3n) is 2.49. The van der Waals surface area contributed by atoms with Crippen molar-refractivity contribution in [3.8, 4) is 0 Å². The Balaban J connectivity index is 2.70. The van der Waals surface area contributed by atoms with E-state index in [1.54, 1.807) is 13.0 Å². The number of anilines is 1. The van der Waals surface area contributed by atoms with E-state index in [0.717, 1.165) is 11.3 Å². The van der Waals surface area contributed by atoms with Crippen LogP contribution in [0.5, 0.6) is 0 Å². The normalized spacial score (nSPS) is 9.95. The number of hydrogen-bond acceptors (Lipinski definition) is 5. The van der Waals surface area contributed by atoms with Crippen LogP contribution in [0.3, 0.4) is 0 Å². The van der Waals surface area contributed by atoms with Gasteiger partial charge in [-0.3, -0.25) is 14.4 Å². The minimum atomic E-state index is -0.356. The Morgan fingerprint density at radius 3 is 2.50 bits per heavy atom. The highest BCUT2D eigenvalue weighted by Crippen LogP contribution is 2.22. The molecule has 1 aromatic heterocycles. The fourth-order valence-corrected chi connectivity index (χ4v) is 2.45. The second-order valence-electron chi connectivity index (χ2n) is 4.23. The zero-order valence-electron chi connectivity index (χ0n) is 11.7. The number of nitrogens with zero attached hydrogens (tertiary/aromatic N) is 2. The van der Waals surface area contributed by atoms with E-state index < -0.39 is 0 Å². The number of amides is 2. The molecule has 0 aliphatic carbocycles. The Morgan fingerprint density at radius 1 is 1.40 bits per heavy atom. The average molecular weight is 295 g/mol. The lowest BCUT2D eigenvalue weighted by molar-refractivity contribution is -0.132. The van der Waals surface area contributed by atoms with Crippen LogP contribution in [0.15, 0.2) is 12.7 Å². The molecule has 0 aliphatic rings. The highest BCUT2D eigenvalue weighted by atomic mass is 32.1. The van der Waals surface area contributed by atoms with Crippen molar-refractivity contribution in [2.75, 3.05) is 18.4 Å². The van der Waals surface area contributed by atoms with Crippen molar-refractivity contribution >= 4 is 34.1 Å². The standard InChI is InChI=1S/C13H17N3O3S/c1-5-6-16(10(4)18)7-11(19)15-13-14-8(2)12(20-13)9(3)17/h5H,1,6-7H2,2-4H3,(H,14,15,19). The molecule has 2 amide bonds. The topological polar surface area (TPSA) is 79.4 Å². The average Bonchev–Trinajstić information content (AvgIpc) is 2.69. The molecule has 1 rings (SSSR count). The molecule has 0 atom stereocenters. The van der Waals surface area contributed by atoms with Gasteiger partial charge in [0.25, 0.3) is 0 Å². The van der Waals surface area contributed by atoms with Crippen molar-refractivity contribution in [2.24, 2.45) is 0 Å². The summed E-state index contributed by atoms with van der Waals surface area (Å²) in [6, 6.07) is 0. The van der Waals surface area contributed by atoms with E-state index in [2.05, 4.69) is 16.9 Å². The number of aromatic nitrogens is 1. The van der Waals surface area contributed by atoms with Gasteiger partial charge in [-0.2, -0.15) is 0 Å². The first-order valence-corrected chi connectivity index (χ1v) is 6.81. The van der Waals surface area contributed by atoms with E-state index in [9.17, 15) is 14.4 Å². The maximum atomic E-state index is 11.8. The molecule has 0 radical (unpaired) electrons. The quantitative estimate of drug-likeness (QED) is 0.639. The summed E-state index contributed by atoms with van der Waals surface area (Å²) >= 11 is 1.13. The first-order chi connectivity index (χ1) is 9.35. The number of Topliss-reactive ketones (excluding diaryl/α,β-unsaturated/α-hetero) is 1. The smallest absolute Gasteiger partial charge is 0.245 e. The number of rotatable bonds is 6. The van der Waals surface area contributed by atoms with Crippen LogP contribution in [-0.4, -0.2) is 40.6 Å². The lowest BCUT2D eigenvalue weighted by atomic mass is 10.3. The van der Waals surface area contributed by atoms with Crippen LogP contribution in [0.25, 0.3) is 0 Å². The molecule has 0 saturated carbocycles. The van der Waals surface area contributed by atoms with Crippen LogP contribution >= 0.6 is 11.3 Å². The Kier molecular flexibility index (Phi) is 5.57. The van der Waals surface area contributed by atoms with Crippen LogP contribution in [0.1, 0.15) is 29.2 Å². The van der Waals surface area contributed by atoms with Gasteiger partial charge in [0.05, 0.1) is 10.6 Å². The number of carbonyl (C=O) groups excluding carboxylic acids is 3. The van der Waals surface area contributed by atoms with Crippen molar-refractivity contribution < 1.29 is 14.4 Å². The van der Waals surface area contributed by atoms with E-state index in [0.29, 0.717) is 22.2 Å². The molecule has 0 fully saturated rings. The molecule has 0 aliphatic heterocycles. The Bertz CT molecular complexity index is 551. The number of carbonyl (C=O) groups is 3. The van der Waals surface area contributed by atoms with Gasteiger partial charge >= 0.3 is 0 Å². The summed E-state index contributed by atoms with van der Waals surface area (Å²) in [5, 5.41) is 2.95. The van der Waals surface area contributed by atoms with E-state index in [1.807, 2.05) is 0 Å². The minimum absolute atomic E-state index is 0.0740. The van der Waals surface area contributed by atoms with Gasteiger partial charge in [-0.15, -0.1) is 6.58 Å². The summed E-state index contributed by atoms with van der Waals surface area (Å²) in [6.07, 6.45) is 1.55. The van der Waals surface area contributed by atoms with Crippen molar-refractivity contribution in [3.05, 3.63) is 23.2 Å². The monoisotopic (exact) mass is 295 g/mol. The van der Waals surface area contributed by atoms with Crippen LogP contribution < -0.4 is 5.32 Å². The molecule has 0 spiro atoms. The molecule has 0 bridgehead atoms. The maximum absolute atomic E-state index is 11.8. The van der Waals surface area contributed by atoms with Gasteiger partial charge in [0.1, 0.15) is 6.54 Å². The largest absolute Gasteiger partial charge is 0.330 e. The van der Waals surface area contributed by atoms with Crippen LogP contribution in [0.4, 0.5) is 5.13 Å². The van der Waals surface area contributed by atoms with E-state index in [4.69, 9.17) is 0 Å². The predicted octanol–water partition coefficient (Wildman–Crippen LogP) is 1.63. The van der Waals surface area contributed by atoms with Gasteiger partial charge in [0.2, 0.25) is 11.8 Å². The maximum Gasteiger partial charge on any atom is 0.245 e. The van der Waals surface area contributed by atoms with Gasteiger partial charge < -0.3 is 10.2 Å². The van der Waals surface area contributed by atoms with Gasteiger partial charge in [-0.1, -0.05) is 17.4 Å². The molecular formula is C13H17N3O3S. The third-order valence-corrected chi connectivity index (χ3v) is 3.67. The number of ketones is 1. The molecule has 1 aromatic rings. The number of thiazole rings is 1. The lowest BCUT2D eigenvalue weighted by Gasteiger charge is -2.17. The zero-order chi connectivity index (χ0) is 15.3. The predicted molar refractivity (Wildman–Crippen MR) is 77.9 cm³/mol. The molecule has 0 saturated heterocycles. The molecule has 6 nitrogen and oxygen atoms in total. The fraction of sp³-hybridized carbons (Fsp3) is 0.385. The highest BCUT2D eigenvalue weighted by molar-refractivity contribution is 7.17. The molecule has 1 heterocycles. The Labute approximate surface area is 121 Å². The van der Waals surface area contributed by atoms with Crippen LogP contribution in [0, 0.1) is 6.92 Å². The molecule has 20 heavy (non-hydrogen) atoms. The SMILES string of the molecule is C=CCN(CC(=O)Nc1nc(C)c(C(C)=O)s1)C(C)=O. The number of nitrogens with one attached hydrogen (secondary N) is 1. The summed E-state index contributed by atoms with van der Waals surface area (Å²) in [7, 11) is 0. The first-order valence-electron chi connectivity index (χ1n) is 5.99. The number of hydrogen-bond donors (Lipinski definition) is 1. The minimum Gasteiger partial charge on any atom is -0.330 e. The van der Waals surface area contributed by atoms with Gasteiger partial charge in [0.15, 0.2) is 10.9 Å². The molecule has 108 valence electrons. The molecular weight excluding hydrogens is 278 g/mol. The van der Waals surface area contributed by atoms with Crippen molar-refractivity contribution in [3.63, 3.8) is 0 Å². The fourth-order valence-electron chi connectivity index (χ4n) is 1.57. The van der Waals surface area contributed by atoms with Crippen LogP contribution in [-0.2, 0) is 9.59 Å². The second kappa shape index (κ2) is 6.95. The van der Waals surface area contributed by atoms with E-state index in [1.165, 1.54) is 18.7 Å². The summed E-state index contributed by atoms with van der Waals surface area (Å²) in [5.74, 6) is -0.650. The summed E-state index contributed by atoms with van der Waals surface area (Å²) in [4.78, 5) is 40.4. The van der Waals surface area contributed by atoms with Crippen molar-refractivity contribution in [1.82, 2.24) is 9.88 Å². The molecule has 0 unspecified atom stereocenters. The highest BCUT2D eigenvalue weighted by Gasteiger charge is 2.16. The zero-order valence-corrected chi connectivity index (χ0v) is 12.5. The summed E-state index contributed by atoms with van der Waals surface area (Å²) < 4.78 is 0. The van der Waals surface area contributed by atoms with Gasteiger partial charge in [-0.25, -0.2) is 4.98 Å². The molecule has 1 N–H and O–H groups in total. The first kappa shape index (κ1) is 16.0. The summed E-state index contributed by atoms with van der Waals surface area (Å²) in [6.45, 7) is 8.31. The van der Waals surface area contributed by atoms with Gasteiger partial charge in [-0.05, 0) is 6.92 Å². The third kappa shape index (κ3) is 4.27. The van der Waals surface area contributed by atoms with Crippen molar-refractivity contribution in [2.45, 2.75) is 20.8 Å². The Hall–Kier alpha value is -2.02. The molecule has 7 heteroatoms. The van der Waals surface area contributed by atoms with Gasteiger partial charge in [0, 0.05) is 20.4 Å². The van der Waals surface area contributed by atoms with E-state index >= 15 is 0 Å². The lowest BCUT2D eigenvalue weighted by Crippen LogP contribution is -2.36.